The predicted molar refractivity (Wildman–Crippen MR) is 74.2 cm³/mol. The lowest BCUT2D eigenvalue weighted by Crippen LogP contribution is -1.84. The van der Waals surface area contributed by atoms with Gasteiger partial charge in [0.15, 0.2) is 5.12 Å². The molecule has 0 radical (unpaired) electrons. The molecule has 0 unspecified atom stereocenters. The first-order valence-electron chi connectivity index (χ1n) is 5.72. The molecule has 0 atom stereocenters. The second-order valence-electron chi connectivity index (χ2n) is 3.70. The number of tetrazole rings is 1. The van der Waals surface area contributed by atoms with Gasteiger partial charge in [0.25, 0.3) is 0 Å². The maximum atomic E-state index is 10.7. The Kier molecular flexibility index (Phi) is 4.70. The lowest BCUT2D eigenvalue weighted by atomic mass is 10.1. The molecule has 0 saturated carbocycles. The van der Waals surface area contributed by atoms with Crippen molar-refractivity contribution in [3.8, 4) is 23.2 Å². The second-order valence-corrected chi connectivity index (χ2v) is 4.98. The first kappa shape index (κ1) is 13.3. The number of carbonyl (C=O) groups excluding carboxylic acids is 1. The highest BCUT2D eigenvalue weighted by Crippen LogP contribution is 2.13. The van der Waals surface area contributed by atoms with E-state index in [2.05, 4.69) is 32.5 Å². The minimum absolute atomic E-state index is 0.131. The van der Waals surface area contributed by atoms with Crippen LogP contribution >= 0.6 is 11.8 Å². The van der Waals surface area contributed by atoms with Gasteiger partial charge in [-0.25, -0.2) is 0 Å². The molecular formula is C13H12N4OS. The largest absolute Gasteiger partial charge is 0.288 e. The summed E-state index contributed by atoms with van der Waals surface area (Å²) in [6.07, 6.45) is 0.705. The zero-order chi connectivity index (χ0) is 13.5. The molecule has 0 fully saturated rings. The molecule has 1 aromatic carbocycles. The van der Waals surface area contributed by atoms with Crippen molar-refractivity contribution in [1.29, 1.82) is 0 Å². The quantitative estimate of drug-likeness (QED) is 0.682. The highest BCUT2D eigenvalue weighted by molar-refractivity contribution is 8.13. The van der Waals surface area contributed by atoms with Crippen LogP contribution in [0.5, 0.6) is 0 Å². The van der Waals surface area contributed by atoms with E-state index in [0.29, 0.717) is 12.2 Å². The lowest BCUT2D eigenvalue weighted by molar-refractivity contribution is -0.109. The summed E-state index contributed by atoms with van der Waals surface area (Å²) in [6, 6.07) is 7.63. The van der Waals surface area contributed by atoms with Gasteiger partial charge in [-0.05, 0) is 29.5 Å². The molecule has 1 N–H and O–H groups in total. The summed E-state index contributed by atoms with van der Waals surface area (Å²) in [5.74, 6) is 7.40. The van der Waals surface area contributed by atoms with Crippen LogP contribution in [-0.4, -0.2) is 31.5 Å². The third-order valence-electron chi connectivity index (χ3n) is 2.25. The molecule has 0 spiro atoms. The van der Waals surface area contributed by atoms with Crippen LogP contribution in [-0.2, 0) is 4.79 Å². The Balaban J connectivity index is 1.92. The van der Waals surface area contributed by atoms with E-state index in [1.165, 1.54) is 11.8 Å². The number of rotatable bonds is 3. The number of benzene rings is 1. The van der Waals surface area contributed by atoms with Crippen LogP contribution in [0.4, 0.5) is 0 Å². The summed E-state index contributed by atoms with van der Waals surface area (Å²) in [5.41, 5.74) is 1.83. The number of aromatic nitrogens is 4. The predicted octanol–water partition coefficient (Wildman–Crippen LogP) is 1.89. The average Bonchev–Trinajstić information content (AvgIpc) is 2.93. The first-order valence-corrected chi connectivity index (χ1v) is 6.70. The van der Waals surface area contributed by atoms with Gasteiger partial charge < -0.3 is 0 Å². The van der Waals surface area contributed by atoms with Gasteiger partial charge in [0, 0.05) is 30.2 Å². The van der Waals surface area contributed by atoms with Crippen LogP contribution < -0.4 is 0 Å². The SMILES string of the molecule is CC(=O)SCCC#Cc1ccc(-c2nn[nH]n2)cc1. The Labute approximate surface area is 115 Å². The summed E-state index contributed by atoms with van der Waals surface area (Å²) in [6.45, 7) is 1.56. The Morgan fingerprint density at radius 2 is 2.16 bits per heavy atom. The molecular weight excluding hydrogens is 260 g/mol. The van der Waals surface area contributed by atoms with E-state index in [1.54, 1.807) is 6.92 Å². The third kappa shape index (κ3) is 4.23. The molecule has 1 heterocycles. The number of aromatic amines is 1. The molecule has 1 aromatic heterocycles. The molecule has 0 saturated heterocycles. The fraction of sp³-hybridized carbons (Fsp3) is 0.231. The lowest BCUT2D eigenvalue weighted by Gasteiger charge is -1.94. The van der Waals surface area contributed by atoms with Gasteiger partial charge in [0.2, 0.25) is 5.82 Å². The van der Waals surface area contributed by atoms with E-state index in [-0.39, 0.29) is 5.12 Å². The van der Waals surface area contributed by atoms with Crippen molar-refractivity contribution in [1.82, 2.24) is 20.6 Å². The molecule has 0 amide bonds. The van der Waals surface area contributed by atoms with E-state index in [9.17, 15) is 4.79 Å². The normalized spacial score (nSPS) is 9.74. The highest BCUT2D eigenvalue weighted by Gasteiger charge is 2.00. The maximum Gasteiger partial charge on any atom is 0.204 e. The standard InChI is InChI=1S/C13H12N4OS/c1-10(18)19-9-3-2-4-11-5-7-12(8-6-11)13-14-16-17-15-13/h5-8H,3,9H2,1H3,(H,14,15,16,17). The molecule has 2 rings (SSSR count). The number of nitrogens with one attached hydrogen (secondary N) is 1. The van der Waals surface area contributed by atoms with Crippen molar-refractivity contribution in [2.24, 2.45) is 0 Å². The Morgan fingerprint density at radius 3 is 2.79 bits per heavy atom. The number of hydrogen-bond donors (Lipinski definition) is 1. The van der Waals surface area contributed by atoms with Crippen molar-refractivity contribution >= 4 is 16.9 Å². The van der Waals surface area contributed by atoms with Crippen molar-refractivity contribution in [2.45, 2.75) is 13.3 Å². The van der Waals surface area contributed by atoms with Gasteiger partial charge in [-0.15, -0.1) is 10.2 Å². The maximum absolute atomic E-state index is 10.7. The van der Waals surface area contributed by atoms with Crippen molar-refractivity contribution in [3.63, 3.8) is 0 Å². The Hall–Kier alpha value is -2.13. The van der Waals surface area contributed by atoms with Gasteiger partial charge in [-0.3, -0.25) is 4.79 Å². The average molecular weight is 272 g/mol. The summed E-state index contributed by atoms with van der Waals surface area (Å²) < 4.78 is 0. The summed E-state index contributed by atoms with van der Waals surface area (Å²) in [5, 5.41) is 13.9. The number of nitrogens with zero attached hydrogens (tertiary/aromatic N) is 3. The number of hydrogen-bond acceptors (Lipinski definition) is 5. The molecule has 0 aliphatic rings. The molecule has 96 valence electrons. The van der Waals surface area contributed by atoms with Crippen LogP contribution in [0.2, 0.25) is 0 Å². The molecule has 0 aliphatic heterocycles. The zero-order valence-corrected chi connectivity index (χ0v) is 11.2. The highest BCUT2D eigenvalue weighted by atomic mass is 32.2. The zero-order valence-electron chi connectivity index (χ0n) is 10.4. The van der Waals surface area contributed by atoms with Gasteiger partial charge >= 0.3 is 0 Å². The van der Waals surface area contributed by atoms with Crippen LogP contribution in [0.3, 0.4) is 0 Å². The first-order chi connectivity index (χ1) is 9.25. The van der Waals surface area contributed by atoms with Crippen molar-refractivity contribution < 1.29 is 4.79 Å². The molecule has 0 aliphatic carbocycles. The fourth-order valence-electron chi connectivity index (χ4n) is 1.40. The number of carbonyl (C=O) groups is 1. The monoisotopic (exact) mass is 272 g/mol. The summed E-state index contributed by atoms with van der Waals surface area (Å²) in [4.78, 5) is 10.7. The van der Waals surface area contributed by atoms with E-state index in [4.69, 9.17) is 0 Å². The van der Waals surface area contributed by atoms with Gasteiger partial charge in [-0.1, -0.05) is 23.6 Å². The van der Waals surface area contributed by atoms with Gasteiger partial charge in [0.05, 0.1) is 0 Å². The molecule has 5 nitrogen and oxygen atoms in total. The van der Waals surface area contributed by atoms with E-state index in [1.807, 2.05) is 24.3 Å². The van der Waals surface area contributed by atoms with Gasteiger partial charge in [0.1, 0.15) is 0 Å². The Morgan fingerprint density at radius 1 is 1.37 bits per heavy atom. The van der Waals surface area contributed by atoms with Crippen molar-refractivity contribution in [3.05, 3.63) is 29.8 Å². The fourth-order valence-corrected chi connectivity index (χ4v) is 1.89. The third-order valence-corrected chi connectivity index (χ3v) is 3.07. The smallest absolute Gasteiger partial charge is 0.204 e. The van der Waals surface area contributed by atoms with Crippen LogP contribution in [0.25, 0.3) is 11.4 Å². The van der Waals surface area contributed by atoms with E-state index < -0.39 is 0 Å². The molecule has 19 heavy (non-hydrogen) atoms. The number of H-pyrrole nitrogens is 1. The minimum atomic E-state index is 0.131. The Bertz CT molecular complexity index is 596. The number of thioether (sulfide) groups is 1. The van der Waals surface area contributed by atoms with E-state index >= 15 is 0 Å². The van der Waals surface area contributed by atoms with Gasteiger partial charge in [-0.2, -0.15) is 5.21 Å². The summed E-state index contributed by atoms with van der Waals surface area (Å²) >= 11 is 1.30. The minimum Gasteiger partial charge on any atom is -0.288 e. The topological polar surface area (TPSA) is 71.5 Å². The van der Waals surface area contributed by atoms with Crippen molar-refractivity contribution in [2.75, 3.05) is 5.75 Å². The molecule has 2 aromatic rings. The van der Waals surface area contributed by atoms with Crippen LogP contribution in [0, 0.1) is 11.8 Å². The van der Waals surface area contributed by atoms with Crippen LogP contribution in [0.15, 0.2) is 24.3 Å². The van der Waals surface area contributed by atoms with E-state index in [0.717, 1.165) is 16.9 Å². The second kappa shape index (κ2) is 6.71. The molecule has 0 bridgehead atoms. The molecule has 6 heteroatoms. The summed E-state index contributed by atoms with van der Waals surface area (Å²) in [7, 11) is 0. The van der Waals surface area contributed by atoms with Crippen LogP contribution in [0.1, 0.15) is 18.9 Å².